The van der Waals surface area contributed by atoms with Crippen LogP contribution < -0.4 is 10.9 Å². The highest BCUT2D eigenvalue weighted by Crippen LogP contribution is 2.20. The highest BCUT2D eigenvalue weighted by atomic mass is 16.2. The van der Waals surface area contributed by atoms with Crippen LogP contribution in [0.2, 0.25) is 0 Å². The van der Waals surface area contributed by atoms with Crippen molar-refractivity contribution in [1.82, 2.24) is 20.8 Å². The van der Waals surface area contributed by atoms with Gasteiger partial charge in [0.2, 0.25) is 0 Å². The number of rotatable bonds is 2. The molecule has 0 aromatic carbocycles. The molecular formula is C16H18N4O2. The van der Waals surface area contributed by atoms with Crippen LogP contribution in [0.5, 0.6) is 0 Å². The number of hydrogen-bond acceptors (Lipinski definition) is 4. The van der Waals surface area contributed by atoms with Gasteiger partial charge in [-0.2, -0.15) is 0 Å². The highest BCUT2D eigenvalue weighted by Gasteiger charge is 2.17. The third-order valence-corrected chi connectivity index (χ3v) is 3.02. The fourth-order valence-electron chi connectivity index (χ4n) is 1.74. The Morgan fingerprint density at radius 3 is 2.05 bits per heavy atom. The maximum Gasteiger partial charge on any atom is 0.269 e. The lowest BCUT2D eigenvalue weighted by molar-refractivity contribution is 0.0846. The fourth-order valence-corrected chi connectivity index (χ4v) is 1.74. The van der Waals surface area contributed by atoms with Gasteiger partial charge in [0.25, 0.3) is 11.8 Å². The average molecular weight is 298 g/mol. The average Bonchev–Trinajstić information content (AvgIpc) is 2.52. The third kappa shape index (κ3) is 3.88. The SMILES string of the molecule is CC(C)(C)c1cc(C(=O)NNC(=O)c2ccncc2)ccn1. The second-order valence-corrected chi connectivity index (χ2v) is 5.82. The quantitative estimate of drug-likeness (QED) is 0.829. The van der Waals surface area contributed by atoms with Crippen LogP contribution in [0.3, 0.4) is 0 Å². The number of hydrazine groups is 1. The van der Waals surface area contributed by atoms with Crippen LogP contribution in [-0.4, -0.2) is 21.8 Å². The number of pyridine rings is 2. The summed E-state index contributed by atoms with van der Waals surface area (Å²) >= 11 is 0. The Morgan fingerprint density at radius 2 is 1.45 bits per heavy atom. The van der Waals surface area contributed by atoms with E-state index in [2.05, 4.69) is 20.8 Å². The van der Waals surface area contributed by atoms with Crippen molar-refractivity contribution in [3.63, 3.8) is 0 Å². The standard InChI is InChI=1S/C16H18N4O2/c1-16(2,3)13-10-12(6-9-18-13)15(22)20-19-14(21)11-4-7-17-8-5-11/h4-10H,1-3H3,(H,19,21)(H,20,22). The van der Waals surface area contributed by atoms with E-state index in [1.807, 2.05) is 20.8 Å². The molecule has 0 saturated carbocycles. The zero-order valence-electron chi connectivity index (χ0n) is 12.8. The Kier molecular flexibility index (Phi) is 4.50. The molecule has 2 heterocycles. The van der Waals surface area contributed by atoms with Crippen LogP contribution in [0, 0.1) is 0 Å². The Hall–Kier alpha value is -2.76. The van der Waals surface area contributed by atoms with Crippen LogP contribution in [0.4, 0.5) is 0 Å². The molecule has 0 aliphatic rings. The maximum atomic E-state index is 12.1. The summed E-state index contributed by atoms with van der Waals surface area (Å²) in [6.07, 6.45) is 4.60. The first-order chi connectivity index (χ1) is 10.4. The Bertz CT molecular complexity index is 678. The molecule has 0 saturated heterocycles. The molecule has 0 aliphatic heterocycles. The zero-order valence-corrected chi connectivity index (χ0v) is 12.8. The summed E-state index contributed by atoms with van der Waals surface area (Å²) in [5.41, 5.74) is 6.26. The molecular weight excluding hydrogens is 280 g/mol. The predicted octanol–water partition coefficient (Wildman–Crippen LogP) is 1.85. The van der Waals surface area contributed by atoms with Gasteiger partial charge < -0.3 is 0 Å². The van der Waals surface area contributed by atoms with Gasteiger partial charge in [0.15, 0.2) is 0 Å². The lowest BCUT2D eigenvalue weighted by Gasteiger charge is -2.18. The first kappa shape index (κ1) is 15.6. The molecule has 6 heteroatoms. The fraction of sp³-hybridized carbons (Fsp3) is 0.250. The first-order valence-corrected chi connectivity index (χ1v) is 6.85. The van der Waals surface area contributed by atoms with Crippen molar-refractivity contribution >= 4 is 11.8 Å². The smallest absolute Gasteiger partial charge is 0.267 e. The van der Waals surface area contributed by atoms with E-state index in [0.29, 0.717) is 11.1 Å². The van der Waals surface area contributed by atoms with Gasteiger partial charge in [0, 0.05) is 40.8 Å². The first-order valence-electron chi connectivity index (χ1n) is 6.85. The molecule has 0 fully saturated rings. The van der Waals surface area contributed by atoms with Crippen LogP contribution in [0.25, 0.3) is 0 Å². The molecule has 2 rings (SSSR count). The normalized spacial score (nSPS) is 10.9. The van der Waals surface area contributed by atoms with Crippen molar-refractivity contribution in [2.24, 2.45) is 0 Å². The van der Waals surface area contributed by atoms with Gasteiger partial charge in [-0.15, -0.1) is 0 Å². The van der Waals surface area contributed by atoms with E-state index < -0.39 is 11.8 Å². The minimum Gasteiger partial charge on any atom is -0.267 e. The van der Waals surface area contributed by atoms with E-state index >= 15 is 0 Å². The van der Waals surface area contributed by atoms with Gasteiger partial charge in [-0.3, -0.25) is 30.4 Å². The summed E-state index contributed by atoms with van der Waals surface area (Å²) in [4.78, 5) is 32.0. The van der Waals surface area contributed by atoms with Gasteiger partial charge >= 0.3 is 0 Å². The number of hydrogen-bond donors (Lipinski definition) is 2. The van der Waals surface area contributed by atoms with Crippen molar-refractivity contribution in [2.75, 3.05) is 0 Å². The van der Waals surface area contributed by atoms with Crippen molar-refractivity contribution in [1.29, 1.82) is 0 Å². The van der Waals surface area contributed by atoms with E-state index in [4.69, 9.17) is 0 Å². The summed E-state index contributed by atoms with van der Waals surface area (Å²) in [5, 5.41) is 0. The van der Waals surface area contributed by atoms with E-state index in [1.54, 1.807) is 30.5 Å². The Morgan fingerprint density at radius 1 is 0.909 bits per heavy atom. The van der Waals surface area contributed by atoms with Crippen LogP contribution in [0.15, 0.2) is 42.9 Å². The third-order valence-electron chi connectivity index (χ3n) is 3.02. The summed E-state index contributed by atoms with van der Waals surface area (Å²) < 4.78 is 0. The topological polar surface area (TPSA) is 84.0 Å². The Labute approximate surface area is 129 Å². The highest BCUT2D eigenvalue weighted by molar-refractivity contribution is 5.98. The van der Waals surface area contributed by atoms with E-state index in [1.165, 1.54) is 12.4 Å². The van der Waals surface area contributed by atoms with Gasteiger partial charge in [0.1, 0.15) is 0 Å². The molecule has 2 aromatic heterocycles. The summed E-state index contributed by atoms with van der Waals surface area (Å²) in [7, 11) is 0. The molecule has 0 bridgehead atoms. The van der Waals surface area contributed by atoms with Gasteiger partial charge in [-0.25, -0.2) is 0 Å². The molecule has 22 heavy (non-hydrogen) atoms. The maximum absolute atomic E-state index is 12.1. The molecule has 0 radical (unpaired) electrons. The Balaban J connectivity index is 2.03. The van der Waals surface area contributed by atoms with E-state index in [9.17, 15) is 9.59 Å². The molecule has 114 valence electrons. The molecule has 2 aromatic rings. The van der Waals surface area contributed by atoms with Crippen LogP contribution in [0.1, 0.15) is 47.2 Å². The summed E-state index contributed by atoms with van der Waals surface area (Å²) in [6.45, 7) is 6.05. The van der Waals surface area contributed by atoms with Crippen molar-refractivity contribution in [3.8, 4) is 0 Å². The minimum absolute atomic E-state index is 0.156. The number of carbonyl (C=O) groups is 2. The lowest BCUT2D eigenvalue weighted by Crippen LogP contribution is -2.41. The van der Waals surface area contributed by atoms with Crippen LogP contribution >= 0.6 is 0 Å². The number of carbonyl (C=O) groups excluding carboxylic acids is 2. The summed E-state index contributed by atoms with van der Waals surface area (Å²) in [6, 6.07) is 6.44. The molecule has 0 aliphatic carbocycles. The van der Waals surface area contributed by atoms with Gasteiger partial charge in [-0.05, 0) is 24.3 Å². The second kappa shape index (κ2) is 6.34. The molecule has 6 nitrogen and oxygen atoms in total. The van der Waals surface area contributed by atoms with Crippen molar-refractivity contribution in [2.45, 2.75) is 26.2 Å². The molecule has 2 N–H and O–H groups in total. The molecule has 0 atom stereocenters. The summed E-state index contributed by atoms with van der Waals surface area (Å²) in [5.74, 6) is -0.795. The molecule has 0 spiro atoms. The van der Waals surface area contributed by atoms with Gasteiger partial charge in [0.05, 0.1) is 0 Å². The number of nitrogens with zero attached hydrogens (tertiary/aromatic N) is 2. The zero-order chi connectivity index (χ0) is 16.2. The van der Waals surface area contributed by atoms with Crippen LogP contribution in [-0.2, 0) is 5.41 Å². The molecule has 0 unspecified atom stereocenters. The minimum atomic E-state index is -0.402. The van der Waals surface area contributed by atoms with Crippen molar-refractivity contribution < 1.29 is 9.59 Å². The second-order valence-electron chi connectivity index (χ2n) is 5.82. The largest absolute Gasteiger partial charge is 0.269 e. The van der Waals surface area contributed by atoms with Gasteiger partial charge in [-0.1, -0.05) is 20.8 Å². The predicted molar refractivity (Wildman–Crippen MR) is 82.1 cm³/mol. The van der Waals surface area contributed by atoms with Crippen molar-refractivity contribution in [3.05, 3.63) is 59.7 Å². The lowest BCUT2D eigenvalue weighted by atomic mass is 9.91. The molecule has 2 amide bonds. The van der Waals surface area contributed by atoms with E-state index in [-0.39, 0.29) is 5.41 Å². The van der Waals surface area contributed by atoms with E-state index in [0.717, 1.165) is 5.69 Å². The number of nitrogens with one attached hydrogen (secondary N) is 2. The monoisotopic (exact) mass is 298 g/mol. The number of aromatic nitrogens is 2. The number of amides is 2.